The molecule has 0 unspecified atom stereocenters. The summed E-state index contributed by atoms with van der Waals surface area (Å²) in [6, 6.07) is 11.0. The molecule has 0 radical (unpaired) electrons. The van der Waals surface area contributed by atoms with Crippen molar-refractivity contribution in [3.63, 3.8) is 0 Å². The number of amides is 2. The number of carbonyl (C=O) groups excluding carboxylic acids is 2. The second-order valence-corrected chi connectivity index (χ2v) is 9.48. The minimum absolute atomic E-state index is 0.0570. The monoisotopic (exact) mass is 420 g/mol. The van der Waals surface area contributed by atoms with Crippen molar-refractivity contribution in [3.8, 4) is 0 Å². The van der Waals surface area contributed by atoms with Crippen LogP contribution >= 0.6 is 0 Å². The quantitative estimate of drug-likeness (QED) is 0.601. The van der Waals surface area contributed by atoms with E-state index in [1.807, 2.05) is 42.8 Å². The lowest BCUT2D eigenvalue weighted by atomic mass is 10.1. The average Bonchev–Trinajstić information content (AvgIpc) is 3.07. The van der Waals surface area contributed by atoms with E-state index in [1.165, 1.54) is 0 Å². The van der Waals surface area contributed by atoms with Crippen LogP contribution in [-0.2, 0) is 5.54 Å². The van der Waals surface area contributed by atoms with E-state index in [1.54, 1.807) is 18.2 Å². The second kappa shape index (κ2) is 8.53. The van der Waals surface area contributed by atoms with Gasteiger partial charge in [-0.2, -0.15) is 0 Å². The summed E-state index contributed by atoms with van der Waals surface area (Å²) in [7, 11) is 0. The Bertz CT molecular complexity index is 1100. The minimum atomic E-state index is -0.285. The van der Waals surface area contributed by atoms with Gasteiger partial charge in [0.2, 0.25) is 0 Å². The molecular weight excluding hydrogens is 388 g/mol. The van der Waals surface area contributed by atoms with Gasteiger partial charge in [-0.05, 0) is 64.8 Å². The van der Waals surface area contributed by atoms with E-state index >= 15 is 0 Å². The molecule has 0 saturated carbocycles. The zero-order valence-electron chi connectivity index (χ0n) is 19.4. The number of aromatic nitrogens is 2. The van der Waals surface area contributed by atoms with Gasteiger partial charge in [0.15, 0.2) is 0 Å². The van der Waals surface area contributed by atoms with E-state index in [0.29, 0.717) is 28.5 Å². The molecule has 2 amide bonds. The second-order valence-electron chi connectivity index (χ2n) is 9.48. The number of nitrogens with one attached hydrogen (secondary N) is 2. The van der Waals surface area contributed by atoms with E-state index < -0.39 is 0 Å². The molecule has 2 heterocycles. The first-order chi connectivity index (χ1) is 14.5. The van der Waals surface area contributed by atoms with Crippen molar-refractivity contribution in [3.05, 3.63) is 59.3 Å². The van der Waals surface area contributed by atoms with Crippen molar-refractivity contribution >= 4 is 28.7 Å². The van der Waals surface area contributed by atoms with Crippen LogP contribution in [0.1, 0.15) is 67.8 Å². The normalized spacial score (nSPS) is 12.8. The van der Waals surface area contributed by atoms with Crippen LogP contribution in [0.2, 0.25) is 0 Å². The molecule has 1 aromatic carbocycles. The predicted octanol–water partition coefficient (Wildman–Crippen LogP) is 5.13. The van der Waals surface area contributed by atoms with Gasteiger partial charge in [-0.3, -0.25) is 9.59 Å². The maximum Gasteiger partial charge on any atom is 0.256 e. The third kappa shape index (κ3) is 4.95. The first-order valence-corrected chi connectivity index (χ1v) is 10.7. The third-order valence-corrected chi connectivity index (χ3v) is 5.53. The number of pyridine rings is 1. The largest absolute Gasteiger partial charge is 0.349 e. The molecule has 0 aliphatic carbocycles. The van der Waals surface area contributed by atoms with Gasteiger partial charge in [-0.25, -0.2) is 4.98 Å². The number of benzene rings is 1. The van der Waals surface area contributed by atoms with Crippen molar-refractivity contribution in [2.24, 2.45) is 5.92 Å². The predicted molar refractivity (Wildman–Crippen MR) is 126 cm³/mol. The Hall–Kier alpha value is -3.15. The SMILES string of the molecule is Cc1ccc(C(=O)Nc2ccc3c(C(=O)N[C@H](C)C(C)C)cn(C(C)(C)C)c3n2)cc1. The van der Waals surface area contributed by atoms with E-state index in [-0.39, 0.29) is 23.4 Å². The molecule has 0 spiro atoms. The van der Waals surface area contributed by atoms with E-state index in [4.69, 9.17) is 4.98 Å². The average molecular weight is 421 g/mol. The van der Waals surface area contributed by atoms with Crippen molar-refractivity contribution in [1.82, 2.24) is 14.9 Å². The van der Waals surface area contributed by atoms with Gasteiger partial charge in [0.1, 0.15) is 11.5 Å². The zero-order valence-corrected chi connectivity index (χ0v) is 19.4. The summed E-state index contributed by atoms with van der Waals surface area (Å²) in [6.45, 7) is 14.3. The summed E-state index contributed by atoms with van der Waals surface area (Å²) < 4.78 is 1.98. The smallest absolute Gasteiger partial charge is 0.256 e. The van der Waals surface area contributed by atoms with E-state index in [0.717, 1.165) is 10.9 Å². The molecule has 6 heteroatoms. The number of hydrogen-bond donors (Lipinski definition) is 2. The lowest BCUT2D eigenvalue weighted by molar-refractivity contribution is 0.0931. The molecule has 31 heavy (non-hydrogen) atoms. The fraction of sp³-hybridized carbons (Fsp3) is 0.400. The van der Waals surface area contributed by atoms with Crippen LogP contribution < -0.4 is 10.6 Å². The fourth-order valence-electron chi connectivity index (χ4n) is 3.21. The number of rotatable bonds is 5. The molecule has 0 fully saturated rings. The summed E-state index contributed by atoms with van der Waals surface area (Å²) in [5.41, 5.74) is 2.63. The summed E-state index contributed by atoms with van der Waals surface area (Å²) in [4.78, 5) is 30.3. The van der Waals surface area contributed by atoms with Gasteiger partial charge >= 0.3 is 0 Å². The van der Waals surface area contributed by atoms with Crippen LogP contribution in [-0.4, -0.2) is 27.4 Å². The Morgan fingerprint density at radius 1 is 0.968 bits per heavy atom. The van der Waals surface area contributed by atoms with Gasteiger partial charge in [0.25, 0.3) is 11.8 Å². The summed E-state index contributed by atoms with van der Waals surface area (Å²) in [5.74, 6) is 0.447. The number of anilines is 1. The fourth-order valence-corrected chi connectivity index (χ4v) is 3.21. The number of nitrogens with zero attached hydrogens (tertiary/aromatic N) is 2. The maximum atomic E-state index is 13.0. The highest BCUT2D eigenvalue weighted by Crippen LogP contribution is 2.28. The van der Waals surface area contributed by atoms with E-state index in [2.05, 4.69) is 45.3 Å². The van der Waals surface area contributed by atoms with E-state index in [9.17, 15) is 9.59 Å². The Morgan fingerprint density at radius 3 is 2.19 bits per heavy atom. The first-order valence-electron chi connectivity index (χ1n) is 10.7. The van der Waals surface area contributed by atoms with Crippen molar-refractivity contribution in [2.45, 2.75) is 60.0 Å². The highest BCUT2D eigenvalue weighted by Gasteiger charge is 2.24. The van der Waals surface area contributed by atoms with Gasteiger partial charge in [-0.1, -0.05) is 31.5 Å². The van der Waals surface area contributed by atoms with Crippen LogP contribution in [0, 0.1) is 12.8 Å². The zero-order chi connectivity index (χ0) is 22.9. The molecule has 2 aromatic heterocycles. The Balaban J connectivity index is 1.98. The van der Waals surface area contributed by atoms with Gasteiger partial charge in [-0.15, -0.1) is 0 Å². The molecule has 0 aliphatic heterocycles. The molecule has 0 aliphatic rings. The maximum absolute atomic E-state index is 13.0. The highest BCUT2D eigenvalue weighted by molar-refractivity contribution is 6.08. The van der Waals surface area contributed by atoms with Crippen LogP contribution in [0.15, 0.2) is 42.6 Å². The lowest BCUT2D eigenvalue weighted by Crippen LogP contribution is -2.36. The lowest BCUT2D eigenvalue weighted by Gasteiger charge is -2.22. The Labute approximate surface area is 184 Å². The molecule has 3 aromatic rings. The van der Waals surface area contributed by atoms with Crippen LogP contribution in [0.25, 0.3) is 11.0 Å². The molecule has 6 nitrogen and oxygen atoms in total. The topological polar surface area (TPSA) is 76.0 Å². The number of carbonyl (C=O) groups is 2. The van der Waals surface area contributed by atoms with Gasteiger partial charge in [0.05, 0.1) is 5.56 Å². The van der Waals surface area contributed by atoms with Gasteiger partial charge < -0.3 is 15.2 Å². The summed E-state index contributed by atoms with van der Waals surface area (Å²) in [6.07, 6.45) is 1.85. The Kier molecular flexibility index (Phi) is 6.20. The van der Waals surface area contributed by atoms with Crippen LogP contribution in [0.4, 0.5) is 5.82 Å². The molecule has 3 rings (SSSR count). The summed E-state index contributed by atoms with van der Waals surface area (Å²) >= 11 is 0. The molecule has 164 valence electrons. The first kappa shape index (κ1) is 22.5. The minimum Gasteiger partial charge on any atom is -0.349 e. The third-order valence-electron chi connectivity index (χ3n) is 5.53. The van der Waals surface area contributed by atoms with Crippen LogP contribution in [0.5, 0.6) is 0 Å². The number of fused-ring (bicyclic) bond motifs is 1. The molecule has 2 N–H and O–H groups in total. The number of aryl methyl sites for hydroxylation is 1. The highest BCUT2D eigenvalue weighted by atomic mass is 16.2. The van der Waals surface area contributed by atoms with Crippen molar-refractivity contribution in [1.29, 1.82) is 0 Å². The molecule has 0 saturated heterocycles. The molecule has 0 bridgehead atoms. The van der Waals surface area contributed by atoms with Gasteiger partial charge in [0, 0.05) is 28.7 Å². The molecular formula is C25H32N4O2. The molecule has 1 atom stereocenters. The van der Waals surface area contributed by atoms with Crippen molar-refractivity contribution in [2.75, 3.05) is 5.32 Å². The Morgan fingerprint density at radius 2 is 1.61 bits per heavy atom. The standard InChI is InChI=1S/C25H32N4O2/c1-15(2)17(4)26-24(31)20-14-29(25(5,6)7)22-19(20)12-13-21(27-22)28-23(30)18-10-8-16(3)9-11-18/h8-15,17H,1-7H3,(H,26,31)(H,27,28,30)/t17-/m1/s1. The van der Waals surface area contributed by atoms with Crippen molar-refractivity contribution < 1.29 is 9.59 Å². The van der Waals surface area contributed by atoms with Crippen LogP contribution in [0.3, 0.4) is 0 Å². The number of hydrogen-bond acceptors (Lipinski definition) is 3. The summed E-state index contributed by atoms with van der Waals surface area (Å²) in [5, 5.41) is 6.71.